The molecule has 0 unspecified atom stereocenters. The molecular formula is C20H16O2S2. The number of rotatable bonds is 4. The molecule has 1 fully saturated rings. The summed E-state index contributed by atoms with van der Waals surface area (Å²) >= 11 is 3.09. The highest BCUT2D eigenvalue weighted by Crippen LogP contribution is 2.47. The lowest BCUT2D eigenvalue weighted by Crippen LogP contribution is -2.15. The standard InChI is InChI=1S/C20H16O2S2/c1-2-16-13-23-20(24-16)17(18(21)14-9-5-3-6-10-14)19(22)15-11-7-4-8-12-15/h2-12H,13H2,1H3. The number of hydrogen-bond donors (Lipinski definition) is 0. The Morgan fingerprint density at radius 3 is 1.79 bits per heavy atom. The van der Waals surface area contributed by atoms with Crippen LogP contribution in [0, 0.1) is 0 Å². The van der Waals surface area contributed by atoms with E-state index in [0.717, 1.165) is 9.99 Å². The van der Waals surface area contributed by atoms with Crippen LogP contribution in [-0.2, 0) is 0 Å². The summed E-state index contributed by atoms with van der Waals surface area (Å²) in [5.41, 5.74) is 1.36. The van der Waals surface area contributed by atoms with Crippen LogP contribution in [0.1, 0.15) is 27.6 Å². The molecule has 0 amide bonds. The smallest absolute Gasteiger partial charge is 0.198 e. The Morgan fingerprint density at radius 1 is 0.875 bits per heavy atom. The largest absolute Gasteiger partial charge is 0.288 e. The fourth-order valence-electron chi connectivity index (χ4n) is 2.34. The average molecular weight is 352 g/mol. The minimum Gasteiger partial charge on any atom is -0.288 e. The van der Waals surface area contributed by atoms with Gasteiger partial charge in [0.1, 0.15) is 0 Å². The summed E-state index contributed by atoms with van der Waals surface area (Å²) in [6.45, 7) is 1.98. The quantitative estimate of drug-likeness (QED) is 0.322. The fraction of sp³-hybridized carbons (Fsp3) is 0.100. The third kappa shape index (κ3) is 3.55. The van der Waals surface area contributed by atoms with Crippen LogP contribution in [0.3, 0.4) is 0 Å². The predicted octanol–water partition coefficient (Wildman–Crippen LogP) is 5.35. The van der Waals surface area contributed by atoms with Crippen LogP contribution >= 0.6 is 23.5 Å². The molecule has 3 rings (SSSR count). The number of thioether (sulfide) groups is 2. The molecule has 2 nitrogen and oxygen atoms in total. The zero-order valence-electron chi connectivity index (χ0n) is 13.2. The van der Waals surface area contributed by atoms with Crippen molar-refractivity contribution < 1.29 is 9.59 Å². The summed E-state index contributed by atoms with van der Waals surface area (Å²) in [5.74, 6) is 0.387. The molecule has 4 heteroatoms. The Balaban J connectivity index is 2.07. The molecule has 24 heavy (non-hydrogen) atoms. The van der Waals surface area contributed by atoms with E-state index in [1.807, 2.05) is 49.4 Å². The molecule has 0 radical (unpaired) electrons. The number of hydrogen-bond acceptors (Lipinski definition) is 4. The van der Waals surface area contributed by atoms with Crippen LogP contribution in [0.15, 0.2) is 81.5 Å². The van der Waals surface area contributed by atoms with Crippen molar-refractivity contribution in [2.75, 3.05) is 5.75 Å². The van der Waals surface area contributed by atoms with Crippen molar-refractivity contribution in [3.63, 3.8) is 0 Å². The first-order valence-electron chi connectivity index (χ1n) is 7.60. The van der Waals surface area contributed by atoms with Gasteiger partial charge >= 0.3 is 0 Å². The van der Waals surface area contributed by atoms with Gasteiger partial charge in [-0.1, -0.05) is 78.5 Å². The third-order valence-corrected chi connectivity index (χ3v) is 6.36. The topological polar surface area (TPSA) is 34.1 Å². The molecule has 1 saturated heterocycles. The summed E-state index contributed by atoms with van der Waals surface area (Å²) in [5, 5.41) is 0. The molecule has 1 heterocycles. The van der Waals surface area contributed by atoms with Crippen LogP contribution in [0.25, 0.3) is 0 Å². The lowest BCUT2D eigenvalue weighted by atomic mass is 9.97. The van der Waals surface area contributed by atoms with E-state index in [0.29, 0.717) is 11.1 Å². The van der Waals surface area contributed by atoms with Gasteiger partial charge in [-0.3, -0.25) is 9.59 Å². The molecule has 0 bridgehead atoms. The summed E-state index contributed by atoms with van der Waals surface area (Å²) in [6.07, 6.45) is 2.03. The van der Waals surface area contributed by atoms with Crippen molar-refractivity contribution >= 4 is 35.1 Å². The van der Waals surface area contributed by atoms with E-state index in [1.165, 1.54) is 16.7 Å². The average Bonchev–Trinajstić information content (AvgIpc) is 3.12. The van der Waals surface area contributed by atoms with Crippen LogP contribution in [-0.4, -0.2) is 17.3 Å². The highest BCUT2D eigenvalue weighted by molar-refractivity contribution is 8.27. The number of carbonyl (C=O) groups is 2. The number of allylic oxidation sites excluding steroid dienone is 2. The van der Waals surface area contributed by atoms with Crippen LogP contribution in [0.5, 0.6) is 0 Å². The minimum atomic E-state index is -0.211. The van der Waals surface area contributed by atoms with Crippen molar-refractivity contribution in [2.24, 2.45) is 0 Å². The Morgan fingerprint density at radius 2 is 1.38 bits per heavy atom. The van der Waals surface area contributed by atoms with Gasteiger partial charge < -0.3 is 0 Å². The first kappa shape index (κ1) is 16.8. The van der Waals surface area contributed by atoms with Crippen molar-refractivity contribution in [1.82, 2.24) is 0 Å². The van der Waals surface area contributed by atoms with Crippen LogP contribution < -0.4 is 0 Å². The van der Waals surface area contributed by atoms with E-state index in [-0.39, 0.29) is 17.1 Å². The number of carbonyl (C=O) groups excluding carboxylic acids is 2. The number of ketones is 2. The molecule has 120 valence electrons. The van der Waals surface area contributed by atoms with E-state index in [2.05, 4.69) is 0 Å². The van der Waals surface area contributed by atoms with Crippen LogP contribution in [0.4, 0.5) is 0 Å². The van der Waals surface area contributed by atoms with Crippen molar-refractivity contribution in [2.45, 2.75) is 6.92 Å². The van der Waals surface area contributed by atoms with Crippen molar-refractivity contribution in [1.29, 1.82) is 0 Å². The lowest BCUT2D eigenvalue weighted by Gasteiger charge is -2.09. The maximum absolute atomic E-state index is 13.0. The van der Waals surface area contributed by atoms with Gasteiger partial charge in [0.05, 0.1) is 9.81 Å². The normalized spacial score (nSPS) is 15.5. The minimum absolute atomic E-state index is 0.211. The summed E-state index contributed by atoms with van der Waals surface area (Å²) in [4.78, 5) is 27.2. The van der Waals surface area contributed by atoms with E-state index in [4.69, 9.17) is 0 Å². The summed E-state index contributed by atoms with van der Waals surface area (Å²) in [6, 6.07) is 18.0. The summed E-state index contributed by atoms with van der Waals surface area (Å²) in [7, 11) is 0. The first-order chi connectivity index (χ1) is 11.7. The van der Waals surface area contributed by atoms with Gasteiger partial charge in [-0.2, -0.15) is 0 Å². The second kappa shape index (κ2) is 7.69. The molecule has 0 spiro atoms. The molecular weight excluding hydrogens is 336 g/mol. The maximum Gasteiger partial charge on any atom is 0.198 e. The van der Waals surface area contributed by atoms with Gasteiger partial charge in [0, 0.05) is 16.9 Å². The lowest BCUT2D eigenvalue weighted by molar-refractivity contribution is 0.0962. The monoisotopic (exact) mass is 352 g/mol. The van der Waals surface area contributed by atoms with E-state index in [9.17, 15) is 9.59 Å². The number of Topliss-reactive ketones (excluding diaryl/α,β-unsaturated/α-hetero) is 2. The van der Waals surface area contributed by atoms with Gasteiger partial charge in [-0.05, 0) is 11.8 Å². The van der Waals surface area contributed by atoms with Gasteiger partial charge in [0.2, 0.25) is 0 Å². The Bertz CT molecular complexity index is 768. The first-order valence-corrected chi connectivity index (χ1v) is 9.40. The van der Waals surface area contributed by atoms with Gasteiger partial charge in [-0.25, -0.2) is 0 Å². The SMILES string of the molecule is CC=C1CSC(=C(C(=O)c2ccccc2)C(=O)c2ccccc2)S1. The van der Waals surface area contributed by atoms with E-state index < -0.39 is 0 Å². The maximum atomic E-state index is 13.0. The van der Waals surface area contributed by atoms with Gasteiger partial charge in [0.15, 0.2) is 11.6 Å². The third-order valence-electron chi connectivity index (χ3n) is 3.62. The van der Waals surface area contributed by atoms with Crippen LogP contribution in [0.2, 0.25) is 0 Å². The molecule has 0 atom stereocenters. The zero-order valence-corrected chi connectivity index (χ0v) is 14.8. The predicted molar refractivity (Wildman–Crippen MR) is 102 cm³/mol. The Labute approximate surface area is 150 Å². The Hall–Kier alpha value is -2.04. The van der Waals surface area contributed by atoms with E-state index in [1.54, 1.807) is 36.0 Å². The van der Waals surface area contributed by atoms with E-state index >= 15 is 0 Å². The molecule has 0 aliphatic carbocycles. The molecule has 2 aromatic carbocycles. The van der Waals surface area contributed by atoms with Gasteiger partial charge in [-0.15, -0.1) is 11.8 Å². The Kier molecular flexibility index (Phi) is 5.38. The molecule has 1 aliphatic rings. The zero-order chi connectivity index (χ0) is 16.9. The molecule has 0 saturated carbocycles. The van der Waals surface area contributed by atoms with Crippen molar-refractivity contribution in [3.05, 3.63) is 92.6 Å². The molecule has 0 N–H and O–H groups in total. The summed E-state index contributed by atoms with van der Waals surface area (Å²) < 4.78 is 0.797. The number of benzene rings is 2. The molecule has 2 aromatic rings. The molecule has 0 aromatic heterocycles. The molecule has 1 aliphatic heterocycles. The highest BCUT2D eigenvalue weighted by Gasteiger charge is 2.29. The van der Waals surface area contributed by atoms with Gasteiger partial charge in [0.25, 0.3) is 0 Å². The second-order valence-electron chi connectivity index (χ2n) is 5.20. The van der Waals surface area contributed by atoms with Crippen molar-refractivity contribution in [3.8, 4) is 0 Å². The highest BCUT2D eigenvalue weighted by atomic mass is 32.2. The fourth-order valence-corrected chi connectivity index (χ4v) is 4.90. The second-order valence-corrected chi connectivity index (χ2v) is 7.58.